The minimum Gasteiger partial charge on any atom is -0.425 e. The number of oxazole rings is 1. The van der Waals surface area contributed by atoms with Crippen LogP contribution < -0.4 is 10.1 Å². The van der Waals surface area contributed by atoms with Gasteiger partial charge in [-0.25, -0.2) is 4.98 Å². The summed E-state index contributed by atoms with van der Waals surface area (Å²) in [7, 11) is 0. The van der Waals surface area contributed by atoms with Gasteiger partial charge in [0.1, 0.15) is 11.9 Å². The molecule has 1 aromatic carbocycles. The van der Waals surface area contributed by atoms with Gasteiger partial charge in [-0.1, -0.05) is 0 Å². The highest BCUT2D eigenvalue weighted by Crippen LogP contribution is 2.32. The Hall–Kier alpha value is -2.34. The Bertz CT molecular complexity index is 689. The number of carbonyl (C=O) groups excluding carboxylic acids is 1. The lowest BCUT2D eigenvalue weighted by Crippen LogP contribution is -2.62. The Morgan fingerprint density at radius 1 is 1.29 bits per heavy atom. The fourth-order valence-corrected chi connectivity index (χ4v) is 3.82. The van der Waals surface area contributed by atoms with Gasteiger partial charge in [0.15, 0.2) is 6.39 Å². The minimum absolute atomic E-state index is 0.0215. The third-order valence-corrected chi connectivity index (χ3v) is 5.22. The predicted octanol–water partition coefficient (Wildman–Crippen LogP) is 2.68. The number of ether oxygens (including phenoxy) is 1. The molecule has 0 radical (unpaired) electrons. The number of amides is 1. The zero-order chi connectivity index (χ0) is 16.5. The lowest BCUT2D eigenvalue weighted by atomic mass is 9.79. The SMILES string of the molecule is CC1C(NC(=O)c2ccc(Oc3cnco3)cc2)C2CCN1CC2. The summed E-state index contributed by atoms with van der Waals surface area (Å²) in [6.07, 6.45) is 5.17. The third-order valence-electron chi connectivity index (χ3n) is 5.22. The molecule has 1 N–H and O–H groups in total. The molecule has 2 unspecified atom stereocenters. The second-order valence-corrected chi connectivity index (χ2v) is 6.56. The molecule has 0 saturated carbocycles. The molecule has 2 aromatic rings. The molecule has 4 heterocycles. The van der Waals surface area contributed by atoms with Crippen molar-refractivity contribution in [2.24, 2.45) is 5.92 Å². The minimum atomic E-state index is -0.0215. The van der Waals surface area contributed by atoms with E-state index in [4.69, 9.17) is 9.15 Å². The van der Waals surface area contributed by atoms with Gasteiger partial charge in [-0.3, -0.25) is 9.69 Å². The fourth-order valence-electron chi connectivity index (χ4n) is 3.82. The van der Waals surface area contributed by atoms with Crippen molar-refractivity contribution in [3.05, 3.63) is 42.4 Å². The van der Waals surface area contributed by atoms with E-state index in [0.29, 0.717) is 29.2 Å². The van der Waals surface area contributed by atoms with Crippen LogP contribution in [0.4, 0.5) is 0 Å². The van der Waals surface area contributed by atoms with E-state index in [-0.39, 0.29) is 11.9 Å². The summed E-state index contributed by atoms with van der Waals surface area (Å²) < 4.78 is 10.5. The number of aromatic nitrogens is 1. The third kappa shape index (κ3) is 2.89. The predicted molar refractivity (Wildman–Crippen MR) is 88.0 cm³/mol. The quantitative estimate of drug-likeness (QED) is 0.935. The maximum atomic E-state index is 12.6. The standard InChI is InChI=1S/C18H21N3O3/c1-12-17(13-6-8-21(12)9-7-13)20-18(22)14-2-4-15(5-3-14)24-16-10-19-11-23-16/h2-5,10-13,17H,6-9H2,1H3,(H,20,22). The molecule has 2 atom stereocenters. The first-order chi connectivity index (χ1) is 11.7. The van der Waals surface area contributed by atoms with E-state index in [1.165, 1.54) is 25.4 Å². The average Bonchev–Trinajstić information content (AvgIpc) is 3.12. The van der Waals surface area contributed by atoms with E-state index >= 15 is 0 Å². The molecule has 3 aliphatic rings. The molecular formula is C18H21N3O3. The van der Waals surface area contributed by atoms with Gasteiger partial charge in [-0.2, -0.15) is 0 Å². The van der Waals surface area contributed by atoms with Crippen LogP contribution in [-0.4, -0.2) is 41.0 Å². The second kappa shape index (κ2) is 6.28. The highest BCUT2D eigenvalue weighted by Gasteiger charge is 2.40. The monoisotopic (exact) mass is 327 g/mol. The Morgan fingerprint density at radius 2 is 2.04 bits per heavy atom. The molecule has 2 bridgehead atoms. The average molecular weight is 327 g/mol. The molecule has 3 aliphatic heterocycles. The summed E-state index contributed by atoms with van der Waals surface area (Å²) in [5.41, 5.74) is 0.642. The summed E-state index contributed by atoms with van der Waals surface area (Å²) in [6.45, 7) is 4.53. The van der Waals surface area contributed by atoms with Gasteiger partial charge in [0.2, 0.25) is 0 Å². The topological polar surface area (TPSA) is 67.6 Å². The summed E-state index contributed by atoms with van der Waals surface area (Å²) >= 11 is 0. The smallest absolute Gasteiger partial charge is 0.310 e. The van der Waals surface area contributed by atoms with E-state index < -0.39 is 0 Å². The van der Waals surface area contributed by atoms with Gasteiger partial charge in [0.25, 0.3) is 5.91 Å². The summed E-state index contributed by atoms with van der Waals surface area (Å²) in [6, 6.07) is 7.72. The maximum Gasteiger partial charge on any atom is 0.310 e. The zero-order valence-electron chi connectivity index (χ0n) is 13.6. The number of nitrogens with zero attached hydrogens (tertiary/aromatic N) is 2. The molecule has 6 heteroatoms. The first-order valence-electron chi connectivity index (χ1n) is 8.42. The highest BCUT2D eigenvalue weighted by atomic mass is 16.6. The second-order valence-electron chi connectivity index (χ2n) is 6.56. The number of piperidine rings is 3. The molecule has 0 aliphatic carbocycles. The number of rotatable bonds is 4. The maximum absolute atomic E-state index is 12.6. The first kappa shape index (κ1) is 15.2. The van der Waals surface area contributed by atoms with Crippen LogP contribution in [0.5, 0.6) is 11.7 Å². The molecule has 1 aromatic heterocycles. The molecule has 3 fully saturated rings. The van der Waals surface area contributed by atoms with Gasteiger partial charge in [0.05, 0.1) is 0 Å². The van der Waals surface area contributed by atoms with Gasteiger partial charge in [0, 0.05) is 17.6 Å². The molecular weight excluding hydrogens is 306 g/mol. The van der Waals surface area contributed by atoms with Crippen LogP contribution >= 0.6 is 0 Å². The summed E-state index contributed by atoms with van der Waals surface area (Å²) in [4.78, 5) is 18.8. The van der Waals surface area contributed by atoms with Crippen molar-refractivity contribution < 1.29 is 13.9 Å². The highest BCUT2D eigenvalue weighted by molar-refractivity contribution is 5.94. The van der Waals surface area contributed by atoms with Crippen LogP contribution in [0.3, 0.4) is 0 Å². The van der Waals surface area contributed by atoms with Crippen LogP contribution in [0.25, 0.3) is 0 Å². The van der Waals surface area contributed by atoms with E-state index in [2.05, 4.69) is 22.1 Å². The van der Waals surface area contributed by atoms with Gasteiger partial charge in [-0.15, -0.1) is 0 Å². The van der Waals surface area contributed by atoms with Crippen LogP contribution in [0.2, 0.25) is 0 Å². The van der Waals surface area contributed by atoms with Crippen molar-refractivity contribution >= 4 is 5.91 Å². The van der Waals surface area contributed by atoms with Crippen molar-refractivity contribution in [3.63, 3.8) is 0 Å². The normalized spacial score (nSPS) is 28.5. The number of nitrogens with one attached hydrogen (secondary N) is 1. The fraction of sp³-hybridized carbons (Fsp3) is 0.444. The van der Waals surface area contributed by atoms with E-state index in [1.807, 2.05) is 0 Å². The van der Waals surface area contributed by atoms with Crippen molar-refractivity contribution in [3.8, 4) is 11.7 Å². The Kier molecular flexibility index (Phi) is 3.98. The molecule has 126 valence electrons. The molecule has 5 rings (SSSR count). The van der Waals surface area contributed by atoms with Crippen LogP contribution in [0.1, 0.15) is 30.1 Å². The number of carbonyl (C=O) groups is 1. The Morgan fingerprint density at radius 3 is 2.67 bits per heavy atom. The van der Waals surface area contributed by atoms with Crippen molar-refractivity contribution in [1.82, 2.24) is 15.2 Å². The molecule has 0 spiro atoms. The van der Waals surface area contributed by atoms with Gasteiger partial charge < -0.3 is 14.5 Å². The number of hydrogen-bond acceptors (Lipinski definition) is 5. The lowest BCUT2D eigenvalue weighted by molar-refractivity contribution is 0.0217. The first-order valence-corrected chi connectivity index (χ1v) is 8.42. The van der Waals surface area contributed by atoms with E-state index in [0.717, 1.165) is 13.1 Å². The molecule has 1 amide bonds. The van der Waals surface area contributed by atoms with Gasteiger partial charge in [-0.05, 0) is 63.0 Å². The van der Waals surface area contributed by atoms with Crippen LogP contribution in [0, 0.1) is 5.92 Å². The van der Waals surface area contributed by atoms with Crippen molar-refractivity contribution in [2.75, 3.05) is 13.1 Å². The van der Waals surface area contributed by atoms with E-state index in [1.54, 1.807) is 24.3 Å². The summed E-state index contributed by atoms with van der Waals surface area (Å²) in [5.74, 6) is 1.52. The zero-order valence-corrected chi connectivity index (χ0v) is 13.6. The molecule has 24 heavy (non-hydrogen) atoms. The number of benzene rings is 1. The van der Waals surface area contributed by atoms with Crippen LogP contribution in [-0.2, 0) is 0 Å². The molecule has 3 saturated heterocycles. The summed E-state index contributed by atoms with van der Waals surface area (Å²) in [5, 5.41) is 3.23. The van der Waals surface area contributed by atoms with Crippen molar-refractivity contribution in [2.45, 2.75) is 31.8 Å². The lowest BCUT2D eigenvalue weighted by Gasteiger charge is -2.49. The van der Waals surface area contributed by atoms with Crippen LogP contribution in [0.15, 0.2) is 41.3 Å². The number of hydrogen-bond donors (Lipinski definition) is 1. The Labute approximate surface area is 140 Å². The molecule has 6 nitrogen and oxygen atoms in total. The Balaban J connectivity index is 1.41. The van der Waals surface area contributed by atoms with Crippen molar-refractivity contribution in [1.29, 1.82) is 0 Å². The largest absolute Gasteiger partial charge is 0.425 e. The van der Waals surface area contributed by atoms with E-state index in [9.17, 15) is 4.79 Å². The van der Waals surface area contributed by atoms with Gasteiger partial charge >= 0.3 is 5.95 Å². The number of fused-ring (bicyclic) bond motifs is 3.